The highest BCUT2D eigenvalue weighted by Gasteiger charge is 2.37. The van der Waals surface area contributed by atoms with E-state index in [1.807, 2.05) is 0 Å². The lowest BCUT2D eigenvalue weighted by atomic mass is 9.82. The van der Waals surface area contributed by atoms with Gasteiger partial charge in [0.1, 0.15) is 11.2 Å². The zero-order valence-corrected chi connectivity index (χ0v) is 35.6. The molecule has 0 saturated carbocycles. The molecule has 2 aromatic heterocycles. The maximum Gasteiger partial charge on any atom is 0.143 e. The summed E-state index contributed by atoms with van der Waals surface area (Å²) in [5.74, 6) is 0. The number of hydrogen-bond acceptors (Lipinski definition) is 2. The van der Waals surface area contributed by atoms with Crippen LogP contribution in [0.15, 0.2) is 223 Å². The third-order valence-corrected chi connectivity index (χ3v) is 13.8. The quantitative estimate of drug-likeness (QED) is 0.167. The molecule has 0 fully saturated rings. The Morgan fingerprint density at radius 1 is 0.438 bits per heavy atom. The van der Waals surface area contributed by atoms with Crippen LogP contribution in [0.3, 0.4) is 0 Å². The smallest absolute Gasteiger partial charge is 0.143 e. The van der Waals surface area contributed by atoms with E-state index in [2.05, 4.69) is 242 Å². The van der Waals surface area contributed by atoms with Crippen molar-refractivity contribution in [2.75, 3.05) is 4.90 Å². The van der Waals surface area contributed by atoms with Crippen molar-refractivity contribution in [2.45, 2.75) is 19.3 Å². The second kappa shape index (κ2) is 13.9. The van der Waals surface area contributed by atoms with E-state index in [-0.39, 0.29) is 5.41 Å². The predicted molar refractivity (Wildman–Crippen MR) is 269 cm³/mol. The number of nitrogens with zero attached hydrogens (tertiary/aromatic N) is 2. The number of hydrogen-bond donors (Lipinski definition) is 0. The van der Waals surface area contributed by atoms with Gasteiger partial charge in [-0.05, 0) is 105 Å². The zero-order valence-electron chi connectivity index (χ0n) is 35.6. The SMILES string of the molecule is CC1(C)c2ccccc2-c2c(-c3ccccc3N(c3ccc(-c4cccc5oc6c7ccccc7ccc6c45)cc3)c3ccc4c5ccccc5n(-c5ccccc5)c4c3)cccc21. The maximum atomic E-state index is 6.62. The Balaban J connectivity index is 1.03. The molecule has 3 nitrogen and oxygen atoms in total. The third kappa shape index (κ3) is 5.34. The van der Waals surface area contributed by atoms with E-state index in [4.69, 9.17) is 4.42 Å². The molecule has 10 aromatic carbocycles. The van der Waals surface area contributed by atoms with Crippen molar-refractivity contribution in [1.29, 1.82) is 0 Å². The molecule has 0 N–H and O–H groups in total. The second-order valence-corrected chi connectivity index (χ2v) is 17.6. The molecule has 2 heterocycles. The van der Waals surface area contributed by atoms with Crippen molar-refractivity contribution in [1.82, 2.24) is 4.57 Å². The number of anilines is 3. The standard InChI is InChI=1S/C61H42N2O/c1-61(2)52-25-11-8-22-50(52)58-49(24-14-26-53(58)61)47-21-10-12-27-54(47)62(43-35-37-48-46-20-9-13-28-55(46)63(56(48)38-43)41-17-4-3-5-18-41)42-33-30-40(31-34-42)44-23-15-29-57-59(44)51-36-32-39-16-6-7-19-45(39)60(51)64-57/h3-38H,1-2H3. The molecule has 3 heteroatoms. The van der Waals surface area contributed by atoms with Crippen LogP contribution >= 0.6 is 0 Å². The van der Waals surface area contributed by atoms with E-state index >= 15 is 0 Å². The number of para-hydroxylation sites is 3. The Bertz CT molecular complexity index is 3810. The van der Waals surface area contributed by atoms with Gasteiger partial charge in [0, 0.05) is 55.0 Å². The van der Waals surface area contributed by atoms with Gasteiger partial charge in [-0.25, -0.2) is 0 Å². The Hall–Kier alpha value is -8.14. The molecule has 0 bridgehead atoms. The summed E-state index contributed by atoms with van der Waals surface area (Å²) in [7, 11) is 0. The largest absolute Gasteiger partial charge is 0.455 e. The highest BCUT2D eigenvalue weighted by molar-refractivity contribution is 6.19. The highest BCUT2D eigenvalue weighted by Crippen LogP contribution is 2.54. The zero-order chi connectivity index (χ0) is 42.5. The van der Waals surface area contributed by atoms with Crippen molar-refractivity contribution in [3.63, 3.8) is 0 Å². The molecule has 0 amide bonds. The van der Waals surface area contributed by atoms with Gasteiger partial charge in [-0.3, -0.25) is 0 Å². The lowest BCUT2D eigenvalue weighted by Crippen LogP contribution is -2.15. The fraction of sp³-hybridized carbons (Fsp3) is 0.0492. The molecule has 0 aliphatic heterocycles. The minimum atomic E-state index is -0.113. The molecule has 0 saturated heterocycles. The first kappa shape index (κ1) is 36.5. The van der Waals surface area contributed by atoms with Crippen molar-refractivity contribution >= 4 is 71.6 Å². The van der Waals surface area contributed by atoms with Gasteiger partial charge in [0.2, 0.25) is 0 Å². The monoisotopic (exact) mass is 818 g/mol. The van der Waals surface area contributed by atoms with E-state index in [9.17, 15) is 0 Å². The molecule has 12 aromatic rings. The van der Waals surface area contributed by atoms with Crippen LogP contribution < -0.4 is 4.90 Å². The lowest BCUT2D eigenvalue weighted by Gasteiger charge is -2.29. The summed E-state index contributed by atoms with van der Waals surface area (Å²) in [6.45, 7) is 4.72. The third-order valence-electron chi connectivity index (χ3n) is 13.8. The summed E-state index contributed by atoms with van der Waals surface area (Å²) in [5, 5.41) is 7.03. The second-order valence-electron chi connectivity index (χ2n) is 17.6. The van der Waals surface area contributed by atoms with Crippen LogP contribution in [0.5, 0.6) is 0 Å². The Kier molecular flexibility index (Phi) is 7.95. The summed E-state index contributed by atoms with van der Waals surface area (Å²) >= 11 is 0. The van der Waals surface area contributed by atoms with E-state index in [1.54, 1.807) is 0 Å². The number of furan rings is 1. The van der Waals surface area contributed by atoms with Crippen LogP contribution in [0.1, 0.15) is 25.0 Å². The number of benzene rings is 10. The Morgan fingerprint density at radius 2 is 1.08 bits per heavy atom. The van der Waals surface area contributed by atoms with E-state index < -0.39 is 0 Å². The van der Waals surface area contributed by atoms with Crippen LogP contribution in [-0.4, -0.2) is 4.57 Å². The van der Waals surface area contributed by atoms with Crippen LogP contribution in [0.2, 0.25) is 0 Å². The molecule has 0 radical (unpaired) electrons. The van der Waals surface area contributed by atoms with Crippen LogP contribution in [-0.2, 0) is 5.41 Å². The van der Waals surface area contributed by atoms with Crippen molar-refractivity contribution in [3.8, 4) is 39.1 Å². The van der Waals surface area contributed by atoms with E-state index in [1.165, 1.54) is 55.1 Å². The molecular weight excluding hydrogens is 777 g/mol. The number of aromatic nitrogens is 1. The Morgan fingerprint density at radius 3 is 1.95 bits per heavy atom. The van der Waals surface area contributed by atoms with Gasteiger partial charge >= 0.3 is 0 Å². The summed E-state index contributed by atoms with van der Waals surface area (Å²) in [5.41, 5.74) is 18.5. The molecule has 302 valence electrons. The maximum absolute atomic E-state index is 6.62. The molecule has 0 atom stereocenters. The fourth-order valence-electron chi connectivity index (χ4n) is 10.8. The van der Waals surface area contributed by atoms with Crippen molar-refractivity contribution < 1.29 is 4.42 Å². The molecule has 0 spiro atoms. The number of fused-ring (bicyclic) bond motifs is 11. The van der Waals surface area contributed by atoms with Crippen LogP contribution in [0.25, 0.3) is 93.6 Å². The van der Waals surface area contributed by atoms with Crippen LogP contribution in [0, 0.1) is 0 Å². The first-order chi connectivity index (χ1) is 31.5. The molecular formula is C61H42N2O. The first-order valence-corrected chi connectivity index (χ1v) is 22.2. The summed E-state index contributed by atoms with van der Waals surface area (Å²) in [6.07, 6.45) is 0. The van der Waals surface area contributed by atoms with Gasteiger partial charge in [0.05, 0.1) is 16.7 Å². The fourth-order valence-corrected chi connectivity index (χ4v) is 10.8. The van der Waals surface area contributed by atoms with E-state index in [0.29, 0.717) is 0 Å². The highest BCUT2D eigenvalue weighted by atomic mass is 16.3. The Labute approximate surface area is 371 Å². The molecule has 64 heavy (non-hydrogen) atoms. The molecule has 1 aliphatic carbocycles. The van der Waals surface area contributed by atoms with Crippen LogP contribution in [0.4, 0.5) is 17.1 Å². The van der Waals surface area contributed by atoms with Gasteiger partial charge in [-0.1, -0.05) is 172 Å². The van der Waals surface area contributed by atoms with Gasteiger partial charge in [0.15, 0.2) is 0 Å². The lowest BCUT2D eigenvalue weighted by molar-refractivity contribution is 0.660. The molecule has 0 unspecified atom stereocenters. The topological polar surface area (TPSA) is 21.3 Å². The first-order valence-electron chi connectivity index (χ1n) is 22.2. The minimum Gasteiger partial charge on any atom is -0.455 e. The molecule has 1 aliphatic rings. The predicted octanol–water partition coefficient (Wildman–Crippen LogP) is 16.9. The summed E-state index contributed by atoms with van der Waals surface area (Å²) in [6, 6.07) is 79.7. The average Bonchev–Trinajstić information content (AvgIpc) is 3.98. The molecule has 13 rings (SSSR count). The van der Waals surface area contributed by atoms with Gasteiger partial charge < -0.3 is 13.9 Å². The minimum absolute atomic E-state index is 0.113. The normalized spacial score (nSPS) is 13.0. The van der Waals surface area contributed by atoms with Crippen molar-refractivity contribution in [2.24, 2.45) is 0 Å². The average molecular weight is 819 g/mol. The van der Waals surface area contributed by atoms with Crippen molar-refractivity contribution in [3.05, 3.63) is 230 Å². The number of rotatable bonds is 6. The van der Waals surface area contributed by atoms with Gasteiger partial charge in [-0.2, -0.15) is 0 Å². The summed E-state index contributed by atoms with van der Waals surface area (Å²) in [4.78, 5) is 2.46. The van der Waals surface area contributed by atoms with E-state index in [0.717, 1.165) is 66.7 Å². The van der Waals surface area contributed by atoms with Gasteiger partial charge in [0.25, 0.3) is 0 Å². The van der Waals surface area contributed by atoms with Gasteiger partial charge in [-0.15, -0.1) is 0 Å². The summed E-state index contributed by atoms with van der Waals surface area (Å²) < 4.78 is 9.02.